The Morgan fingerprint density at radius 2 is 2.24 bits per heavy atom. The second-order valence-corrected chi connectivity index (χ2v) is 4.85. The summed E-state index contributed by atoms with van der Waals surface area (Å²) in [7, 11) is 0. The van der Waals surface area contributed by atoms with Crippen LogP contribution >= 0.6 is 11.6 Å². The quantitative estimate of drug-likeness (QED) is 0.771. The lowest BCUT2D eigenvalue weighted by Gasteiger charge is -2.39. The molecule has 2 rings (SSSR count). The smallest absolute Gasteiger partial charge is 0.128 e. The van der Waals surface area contributed by atoms with Gasteiger partial charge in [0, 0.05) is 37.8 Å². The summed E-state index contributed by atoms with van der Waals surface area (Å²) in [5.74, 6) is 1.61. The Morgan fingerprint density at radius 3 is 2.76 bits per heavy atom. The fraction of sp³-hybridized carbons (Fsp3) is 0.615. The van der Waals surface area contributed by atoms with Crippen molar-refractivity contribution < 1.29 is 0 Å². The molecule has 0 radical (unpaired) electrons. The lowest BCUT2D eigenvalue weighted by molar-refractivity contribution is 0.199. The molecule has 0 spiro atoms. The normalized spacial score (nSPS) is 21.8. The van der Waals surface area contributed by atoms with Gasteiger partial charge in [0.15, 0.2) is 0 Å². The largest absolute Gasteiger partial charge is 0.354 e. The molecule has 0 N–H and O–H groups in total. The van der Waals surface area contributed by atoms with E-state index in [1.165, 1.54) is 0 Å². The molecule has 17 heavy (non-hydrogen) atoms. The van der Waals surface area contributed by atoms with Crippen LogP contribution in [0.3, 0.4) is 0 Å². The van der Waals surface area contributed by atoms with Gasteiger partial charge < -0.3 is 4.90 Å². The van der Waals surface area contributed by atoms with Crippen LogP contribution in [0.15, 0.2) is 18.3 Å². The number of piperazine rings is 1. The zero-order valence-corrected chi connectivity index (χ0v) is 11.3. The van der Waals surface area contributed by atoms with E-state index in [-0.39, 0.29) is 0 Å². The van der Waals surface area contributed by atoms with Gasteiger partial charge in [-0.25, -0.2) is 4.98 Å². The summed E-state index contributed by atoms with van der Waals surface area (Å²) >= 11 is 5.77. The van der Waals surface area contributed by atoms with Crippen LogP contribution in [0.5, 0.6) is 0 Å². The van der Waals surface area contributed by atoms with E-state index < -0.39 is 0 Å². The first kappa shape index (κ1) is 12.7. The Labute approximate surface area is 108 Å². The topological polar surface area (TPSA) is 19.4 Å². The van der Waals surface area contributed by atoms with Crippen molar-refractivity contribution in [1.29, 1.82) is 0 Å². The van der Waals surface area contributed by atoms with E-state index in [4.69, 9.17) is 11.6 Å². The van der Waals surface area contributed by atoms with Gasteiger partial charge in [-0.1, -0.05) is 13.0 Å². The number of hydrogen-bond donors (Lipinski definition) is 0. The first-order valence-electron chi connectivity index (χ1n) is 6.24. The van der Waals surface area contributed by atoms with Crippen molar-refractivity contribution in [3.63, 3.8) is 0 Å². The molecule has 0 bridgehead atoms. The summed E-state index contributed by atoms with van der Waals surface area (Å²) in [5, 5.41) is 0. The van der Waals surface area contributed by atoms with Crippen LogP contribution in [0.1, 0.15) is 19.4 Å². The maximum absolute atomic E-state index is 5.77. The number of pyridine rings is 1. The summed E-state index contributed by atoms with van der Waals surface area (Å²) in [6.45, 7) is 8.87. The third-order valence-electron chi connectivity index (χ3n) is 3.46. The average molecular weight is 254 g/mol. The molecule has 0 amide bonds. The van der Waals surface area contributed by atoms with Gasteiger partial charge >= 0.3 is 0 Å². The van der Waals surface area contributed by atoms with Crippen LogP contribution in [-0.4, -0.2) is 42.1 Å². The number of hydrogen-bond acceptors (Lipinski definition) is 3. The Balaban J connectivity index is 2.03. The first-order chi connectivity index (χ1) is 8.24. The molecule has 1 saturated heterocycles. The fourth-order valence-corrected chi connectivity index (χ4v) is 2.51. The highest BCUT2D eigenvalue weighted by Gasteiger charge is 2.22. The number of nitrogens with zero attached hydrogens (tertiary/aromatic N) is 3. The van der Waals surface area contributed by atoms with E-state index in [0.29, 0.717) is 11.9 Å². The van der Waals surface area contributed by atoms with E-state index in [0.717, 1.165) is 37.6 Å². The number of likely N-dealkylation sites (N-methyl/N-ethyl adjacent to an activating group) is 1. The summed E-state index contributed by atoms with van der Waals surface area (Å²) in [6.07, 6.45) is 1.87. The van der Waals surface area contributed by atoms with E-state index >= 15 is 0 Å². The maximum atomic E-state index is 5.77. The van der Waals surface area contributed by atoms with Crippen LogP contribution in [0.4, 0.5) is 5.82 Å². The van der Waals surface area contributed by atoms with Gasteiger partial charge in [0.25, 0.3) is 0 Å². The predicted molar refractivity (Wildman–Crippen MR) is 72.7 cm³/mol. The number of aromatic nitrogens is 1. The molecular weight excluding hydrogens is 234 g/mol. The highest BCUT2D eigenvalue weighted by Crippen LogP contribution is 2.17. The molecule has 94 valence electrons. The van der Waals surface area contributed by atoms with Gasteiger partial charge in [0.05, 0.1) is 0 Å². The van der Waals surface area contributed by atoms with E-state index in [2.05, 4.69) is 40.8 Å². The number of alkyl halides is 1. The minimum atomic E-state index is 0.535. The summed E-state index contributed by atoms with van der Waals surface area (Å²) < 4.78 is 0. The predicted octanol–water partition coefficient (Wildman–Crippen LogP) is 2.35. The van der Waals surface area contributed by atoms with Crippen LogP contribution in [0, 0.1) is 0 Å². The number of rotatable bonds is 3. The van der Waals surface area contributed by atoms with E-state index in [9.17, 15) is 0 Å². The zero-order chi connectivity index (χ0) is 12.3. The molecule has 1 atom stereocenters. The molecule has 1 unspecified atom stereocenters. The van der Waals surface area contributed by atoms with Gasteiger partial charge in [-0.05, 0) is 25.1 Å². The molecule has 1 fully saturated rings. The van der Waals surface area contributed by atoms with Crippen molar-refractivity contribution in [2.75, 3.05) is 31.1 Å². The number of anilines is 1. The third-order valence-corrected chi connectivity index (χ3v) is 3.77. The standard InChI is InChI=1S/C13H20ClN3/c1-3-16-6-7-17(10-11(16)2)13-5-4-12(8-14)9-15-13/h4-5,9,11H,3,6-8,10H2,1-2H3. The Hall–Kier alpha value is -0.800. The molecular formula is C13H20ClN3. The Morgan fingerprint density at radius 1 is 1.41 bits per heavy atom. The van der Waals surface area contributed by atoms with E-state index in [1.54, 1.807) is 0 Å². The molecule has 0 aromatic carbocycles. The van der Waals surface area contributed by atoms with Crippen LogP contribution in [0.25, 0.3) is 0 Å². The van der Waals surface area contributed by atoms with Gasteiger partial charge in [0.2, 0.25) is 0 Å². The SMILES string of the molecule is CCN1CCN(c2ccc(CCl)cn2)CC1C. The van der Waals surface area contributed by atoms with Crippen molar-refractivity contribution in [3.05, 3.63) is 23.9 Å². The number of halogens is 1. The first-order valence-corrected chi connectivity index (χ1v) is 6.78. The molecule has 0 aliphatic carbocycles. The highest BCUT2D eigenvalue weighted by atomic mass is 35.5. The molecule has 1 aliphatic rings. The van der Waals surface area contributed by atoms with Crippen LogP contribution in [0.2, 0.25) is 0 Å². The average Bonchev–Trinajstić information content (AvgIpc) is 2.39. The van der Waals surface area contributed by atoms with Gasteiger partial charge in [-0.15, -0.1) is 11.6 Å². The second-order valence-electron chi connectivity index (χ2n) is 4.58. The molecule has 4 heteroatoms. The lowest BCUT2D eigenvalue weighted by Crippen LogP contribution is -2.51. The van der Waals surface area contributed by atoms with Crippen molar-refractivity contribution in [2.45, 2.75) is 25.8 Å². The fourth-order valence-electron chi connectivity index (χ4n) is 2.36. The Kier molecular flexibility index (Phi) is 4.24. The Bertz CT molecular complexity index is 352. The van der Waals surface area contributed by atoms with Crippen molar-refractivity contribution in [2.24, 2.45) is 0 Å². The third kappa shape index (κ3) is 2.90. The summed E-state index contributed by atoms with van der Waals surface area (Å²) in [6, 6.07) is 4.74. The highest BCUT2D eigenvalue weighted by molar-refractivity contribution is 6.17. The second kappa shape index (κ2) is 5.69. The minimum Gasteiger partial charge on any atom is -0.354 e. The van der Waals surface area contributed by atoms with Gasteiger partial charge in [0.1, 0.15) is 5.82 Å². The summed E-state index contributed by atoms with van der Waals surface area (Å²) in [4.78, 5) is 9.34. The monoisotopic (exact) mass is 253 g/mol. The van der Waals surface area contributed by atoms with E-state index in [1.807, 2.05) is 6.20 Å². The molecule has 1 aromatic heterocycles. The summed E-state index contributed by atoms with van der Waals surface area (Å²) in [5.41, 5.74) is 1.08. The minimum absolute atomic E-state index is 0.535. The maximum Gasteiger partial charge on any atom is 0.128 e. The molecule has 0 saturated carbocycles. The molecule has 2 heterocycles. The molecule has 1 aromatic rings. The van der Waals surface area contributed by atoms with Crippen LogP contribution < -0.4 is 4.90 Å². The van der Waals surface area contributed by atoms with Crippen molar-refractivity contribution in [1.82, 2.24) is 9.88 Å². The van der Waals surface area contributed by atoms with Gasteiger partial charge in [-0.2, -0.15) is 0 Å². The molecule has 3 nitrogen and oxygen atoms in total. The molecule has 1 aliphatic heterocycles. The zero-order valence-electron chi connectivity index (χ0n) is 10.6. The lowest BCUT2D eigenvalue weighted by atomic mass is 10.2. The van der Waals surface area contributed by atoms with Crippen molar-refractivity contribution >= 4 is 17.4 Å². The van der Waals surface area contributed by atoms with Crippen molar-refractivity contribution in [3.8, 4) is 0 Å². The van der Waals surface area contributed by atoms with Gasteiger partial charge in [-0.3, -0.25) is 4.90 Å². The van der Waals surface area contributed by atoms with Crippen LogP contribution in [-0.2, 0) is 5.88 Å².